The SMILES string of the molecule is CC(C(=O)O)C(C)c1nc(C2CCCC2)no1. The molecule has 1 heterocycles. The Morgan fingerprint density at radius 2 is 2.06 bits per heavy atom. The number of rotatable bonds is 4. The molecule has 1 aliphatic carbocycles. The minimum atomic E-state index is -0.835. The van der Waals surface area contributed by atoms with Gasteiger partial charge >= 0.3 is 5.97 Å². The van der Waals surface area contributed by atoms with Crippen LogP contribution in [0.4, 0.5) is 0 Å². The van der Waals surface area contributed by atoms with E-state index >= 15 is 0 Å². The van der Waals surface area contributed by atoms with Gasteiger partial charge in [-0.2, -0.15) is 4.98 Å². The summed E-state index contributed by atoms with van der Waals surface area (Å²) >= 11 is 0. The van der Waals surface area contributed by atoms with E-state index in [-0.39, 0.29) is 5.92 Å². The minimum absolute atomic E-state index is 0.241. The number of nitrogens with zero attached hydrogens (tertiary/aromatic N) is 2. The molecule has 17 heavy (non-hydrogen) atoms. The molecule has 1 fully saturated rings. The van der Waals surface area contributed by atoms with Gasteiger partial charge in [0.2, 0.25) is 5.89 Å². The van der Waals surface area contributed by atoms with Crippen LogP contribution in [0.2, 0.25) is 0 Å². The third kappa shape index (κ3) is 2.48. The van der Waals surface area contributed by atoms with Gasteiger partial charge in [-0.25, -0.2) is 0 Å². The zero-order chi connectivity index (χ0) is 12.4. The summed E-state index contributed by atoms with van der Waals surface area (Å²) in [6.07, 6.45) is 4.66. The van der Waals surface area contributed by atoms with Crippen LogP contribution >= 0.6 is 0 Å². The molecule has 94 valence electrons. The predicted octanol–water partition coefficient (Wildman–Crippen LogP) is 2.55. The molecule has 5 nitrogen and oxygen atoms in total. The quantitative estimate of drug-likeness (QED) is 0.872. The van der Waals surface area contributed by atoms with Crippen LogP contribution in [0.25, 0.3) is 0 Å². The third-order valence-corrected chi connectivity index (χ3v) is 3.71. The molecule has 0 bridgehead atoms. The second kappa shape index (κ2) is 4.85. The van der Waals surface area contributed by atoms with Crippen molar-refractivity contribution >= 4 is 5.97 Å². The first kappa shape index (κ1) is 12.1. The first-order chi connectivity index (χ1) is 8.09. The van der Waals surface area contributed by atoms with Crippen molar-refractivity contribution < 1.29 is 14.4 Å². The monoisotopic (exact) mass is 238 g/mol. The summed E-state index contributed by atoms with van der Waals surface area (Å²) in [5, 5.41) is 12.9. The van der Waals surface area contributed by atoms with E-state index in [4.69, 9.17) is 9.63 Å². The topological polar surface area (TPSA) is 76.2 Å². The highest BCUT2D eigenvalue weighted by Crippen LogP contribution is 2.33. The Morgan fingerprint density at radius 3 is 2.65 bits per heavy atom. The smallest absolute Gasteiger partial charge is 0.307 e. The largest absolute Gasteiger partial charge is 0.481 e. The van der Waals surface area contributed by atoms with Gasteiger partial charge in [-0.05, 0) is 12.8 Å². The molecule has 1 saturated carbocycles. The van der Waals surface area contributed by atoms with E-state index in [1.807, 2.05) is 6.92 Å². The number of aromatic nitrogens is 2. The summed E-state index contributed by atoms with van der Waals surface area (Å²) in [5.74, 6) is 0.0173. The number of carbonyl (C=O) groups is 1. The average molecular weight is 238 g/mol. The van der Waals surface area contributed by atoms with E-state index in [1.165, 1.54) is 12.8 Å². The summed E-state index contributed by atoms with van der Waals surface area (Å²) in [6, 6.07) is 0. The maximum atomic E-state index is 10.9. The molecular weight excluding hydrogens is 220 g/mol. The summed E-state index contributed by atoms with van der Waals surface area (Å²) < 4.78 is 5.19. The van der Waals surface area contributed by atoms with E-state index in [9.17, 15) is 4.79 Å². The van der Waals surface area contributed by atoms with E-state index in [2.05, 4.69) is 10.1 Å². The highest BCUT2D eigenvalue weighted by molar-refractivity contribution is 5.70. The van der Waals surface area contributed by atoms with Crippen LogP contribution in [0.5, 0.6) is 0 Å². The van der Waals surface area contributed by atoms with Crippen LogP contribution in [0.15, 0.2) is 4.52 Å². The van der Waals surface area contributed by atoms with Gasteiger partial charge in [0.1, 0.15) is 0 Å². The Hall–Kier alpha value is -1.39. The zero-order valence-electron chi connectivity index (χ0n) is 10.2. The normalized spacial score (nSPS) is 20.4. The molecule has 2 unspecified atom stereocenters. The molecule has 0 radical (unpaired) electrons. The zero-order valence-corrected chi connectivity index (χ0v) is 10.2. The first-order valence-corrected chi connectivity index (χ1v) is 6.16. The van der Waals surface area contributed by atoms with E-state index in [1.54, 1.807) is 6.92 Å². The van der Waals surface area contributed by atoms with Crippen LogP contribution < -0.4 is 0 Å². The maximum Gasteiger partial charge on any atom is 0.307 e. The predicted molar refractivity (Wildman–Crippen MR) is 60.7 cm³/mol. The molecule has 1 aromatic rings. The highest BCUT2D eigenvalue weighted by Gasteiger charge is 2.28. The first-order valence-electron chi connectivity index (χ1n) is 6.16. The van der Waals surface area contributed by atoms with Crippen molar-refractivity contribution in [2.24, 2.45) is 5.92 Å². The summed E-state index contributed by atoms with van der Waals surface area (Å²) in [6.45, 7) is 3.47. The fraction of sp³-hybridized carbons (Fsp3) is 0.750. The summed E-state index contributed by atoms with van der Waals surface area (Å²) in [7, 11) is 0. The molecule has 0 saturated heterocycles. The van der Waals surface area contributed by atoms with Crippen molar-refractivity contribution in [1.82, 2.24) is 10.1 Å². The molecule has 5 heteroatoms. The Labute approximate surface area is 100 Å². The standard InChI is InChI=1S/C12H18N2O3/c1-7(8(2)12(15)16)11-13-10(14-17-11)9-5-3-4-6-9/h7-9H,3-6H2,1-2H3,(H,15,16). The van der Waals surface area contributed by atoms with Crippen molar-refractivity contribution in [2.75, 3.05) is 0 Å². The maximum absolute atomic E-state index is 10.9. The lowest BCUT2D eigenvalue weighted by atomic mass is 9.96. The van der Waals surface area contributed by atoms with E-state index < -0.39 is 11.9 Å². The molecule has 0 spiro atoms. The van der Waals surface area contributed by atoms with Gasteiger partial charge in [-0.1, -0.05) is 31.8 Å². The van der Waals surface area contributed by atoms with Gasteiger partial charge in [-0.15, -0.1) is 0 Å². The molecule has 0 aliphatic heterocycles. The van der Waals surface area contributed by atoms with Gasteiger partial charge in [-0.3, -0.25) is 4.79 Å². The van der Waals surface area contributed by atoms with Crippen LogP contribution in [-0.4, -0.2) is 21.2 Å². The van der Waals surface area contributed by atoms with Crippen molar-refractivity contribution in [3.8, 4) is 0 Å². The van der Waals surface area contributed by atoms with Crippen molar-refractivity contribution in [1.29, 1.82) is 0 Å². The summed E-state index contributed by atoms with van der Waals surface area (Å²) in [5.41, 5.74) is 0. The lowest BCUT2D eigenvalue weighted by Gasteiger charge is -2.10. The van der Waals surface area contributed by atoms with Crippen LogP contribution in [0.1, 0.15) is 63.1 Å². The lowest BCUT2D eigenvalue weighted by Crippen LogP contribution is -2.17. The Balaban J connectivity index is 2.09. The van der Waals surface area contributed by atoms with Gasteiger partial charge in [0.25, 0.3) is 0 Å². The molecule has 2 rings (SSSR count). The number of carboxylic acids is 1. The third-order valence-electron chi connectivity index (χ3n) is 3.71. The van der Waals surface area contributed by atoms with E-state index in [0.29, 0.717) is 11.8 Å². The Bertz CT molecular complexity index is 396. The second-order valence-electron chi connectivity index (χ2n) is 4.89. The van der Waals surface area contributed by atoms with Gasteiger partial charge in [0, 0.05) is 11.8 Å². The van der Waals surface area contributed by atoms with Crippen molar-refractivity contribution in [2.45, 2.75) is 51.4 Å². The lowest BCUT2D eigenvalue weighted by molar-refractivity contribution is -0.141. The Kier molecular flexibility index (Phi) is 3.45. The minimum Gasteiger partial charge on any atom is -0.481 e. The number of aliphatic carboxylic acids is 1. The number of hydrogen-bond donors (Lipinski definition) is 1. The molecule has 0 amide bonds. The van der Waals surface area contributed by atoms with Crippen LogP contribution in [0.3, 0.4) is 0 Å². The highest BCUT2D eigenvalue weighted by atomic mass is 16.5. The molecule has 1 N–H and O–H groups in total. The van der Waals surface area contributed by atoms with Gasteiger partial charge in [0.05, 0.1) is 5.92 Å². The summed E-state index contributed by atoms with van der Waals surface area (Å²) in [4.78, 5) is 15.2. The van der Waals surface area contributed by atoms with Gasteiger partial charge < -0.3 is 9.63 Å². The average Bonchev–Trinajstić information content (AvgIpc) is 2.96. The molecule has 0 aromatic carbocycles. The molecular formula is C12H18N2O3. The molecule has 2 atom stereocenters. The van der Waals surface area contributed by atoms with Crippen molar-refractivity contribution in [3.05, 3.63) is 11.7 Å². The number of hydrogen-bond acceptors (Lipinski definition) is 4. The second-order valence-corrected chi connectivity index (χ2v) is 4.89. The Morgan fingerprint density at radius 1 is 1.41 bits per heavy atom. The van der Waals surface area contributed by atoms with Crippen LogP contribution in [0, 0.1) is 5.92 Å². The van der Waals surface area contributed by atoms with Crippen molar-refractivity contribution in [3.63, 3.8) is 0 Å². The fourth-order valence-corrected chi connectivity index (χ4v) is 2.21. The number of carboxylic acid groups (broad SMARTS) is 1. The fourth-order valence-electron chi connectivity index (χ4n) is 2.21. The van der Waals surface area contributed by atoms with Gasteiger partial charge in [0.15, 0.2) is 5.82 Å². The molecule has 1 aliphatic rings. The van der Waals surface area contributed by atoms with E-state index in [0.717, 1.165) is 18.7 Å². The van der Waals surface area contributed by atoms with Crippen LogP contribution in [-0.2, 0) is 4.79 Å². The molecule has 1 aromatic heterocycles.